The Morgan fingerprint density at radius 1 is 1.00 bits per heavy atom. The van der Waals surface area contributed by atoms with Gasteiger partial charge in [0.1, 0.15) is 6.07 Å². The van der Waals surface area contributed by atoms with Crippen molar-refractivity contribution in [2.75, 3.05) is 26.2 Å². The van der Waals surface area contributed by atoms with Gasteiger partial charge in [-0.1, -0.05) is 30.3 Å². The predicted octanol–water partition coefficient (Wildman–Crippen LogP) is 2.92. The Labute approximate surface area is 167 Å². The third-order valence-corrected chi connectivity index (χ3v) is 7.85. The first kappa shape index (κ1) is 18.6. The molecule has 142 valence electrons. The van der Waals surface area contributed by atoms with Crippen LogP contribution in [-0.4, -0.2) is 49.7 Å². The number of rotatable bonds is 3. The zero-order chi connectivity index (χ0) is 19.7. The number of amides is 1. The van der Waals surface area contributed by atoms with Gasteiger partial charge in [-0.15, -0.1) is 11.3 Å². The van der Waals surface area contributed by atoms with E-state index in [4.69, 9.17) is 0 Å². The van der Waals surface area contributed by atoms with E-state index in [-0.39, 0.29) is 29.5 Å². The quantitative estimate of drug-likeness (QED) is 0.664. The van der Waals surface area contributed by atoms with Crippen LogP contribution in [0.25, 0.3) is 10.1 Å². The van der Waals surface area contributed by atoms with Gasteiger partial charge in [0.25, 0.3) is 5.91 Å². The number of hydrogen-bond donors (Lipinski definition) is 0. The Morgan fingerprint density at radius 2 is 1.68 bits per heavy atom. The zero-order valence-corrected chi connectivity index (χ0v) is 16.5. The Kier molecular flexibility index (Phi) is 4.89. The second kappa shape index (κ2) is 7.36. The number of fused-ring (bicyclic) bond motifs is 1. The molecule has 1 saturated heterocycles. The molecule has 1 amide bonds. The molecular formula is C20H17N3O3S2. The highest BCUT2D eigenvalue weighted by atomic mass is 32.2. The van der Waals surface area contributed by atoms with Gasteiger partial charge in [0.05, 0.1) is 15.3 Å². The van der Waals surface area contributed by atoms with E-state index < -0.39 is 10.0 Å². The summed E-state index contributed by atoms with van der Waals surface area (Å²) in [5.41, 5.74) is 0.131. The molecule has 0 unspecified atom stereocenters. The molecule has 0 atom stereocenters. The van der Waals surface area contributed by atoms with E-state index >= 15 is 0 Å². The predicted molar refractivity (Wildman–Crippen MR) is 108 cm³/mol. The van der Waals surface area contributed by atoms with Gasteiger partial charge >= 0.3 is 0 Å². The lowest BCUT2D eigenvalue weighted by Crippen LogP contribution is -2.50. The Morgan fingerprint density at radius 3 is 2.39 bits per heavy atom. The van der Waals surface area contributed by atoms with E-state index in [0.29, 0.717) is 18.0 Å². The lowest BCUT2D eigenvalue weighted by molar-refractivity contribution is 0.0703. The fourth-order valence-electron chi connectivity index (χ4n) is 3.30. The summed E-state index contributed by atoms with van der Waals surface area (Å²) in [6, 6.07) is 17.8. The molecule has 0 bridgehead atoms. The number of thiophene rings is 1. The highest BCUT2D eigenvalue weighted by molar-refractivity contribution is 7.89. The van der Waals surface area contributed by atoms with Crippen molar-refractivity contribution in [2.45, 2.75) is 4.90 Å². The fourth-order valence-corrected chi connectivity index (χ4v) is 5.89. The van der Waals surface area contributed by atoms with Crippen LogP contribution in [0, 0.1) is 11.3 Å². The van der Waals surface area contributed by atoms with Crippen LogP contribution in [0.5, 0.6) is 0 Å². The SMILES string of the molecule is N#Cc1ccccc1S(=O)(=O)N1CCN(C(=O)c2cc3ccccc3s2)CC1. The van der Waals surface area contributed by atoms with E-state index in [9.17, 15) is 18.5 Å². The van der Waals surface area contributed by atoms with Gasteiger partial charge in [0.15, 0.2) is 0 Å². The summed E-state index contributed by atoms with van der Waals surface area (Å²) < 4.78 is 28.2. The van der Waals surface area contributed by atoms with Crippen LogP contribution in [0.4, 0.5) is 0 Å². The standard InChI is InChI=1S/C20H17N3O3S2/c21-14-16-6-2-4-8-19(16)28(25,26)23-11-9-22(10-12-23)20(24)18-13-15-5-1-3-7-17(15)27-18/h1-8,13H,9-12H2. The lowest BCUT2D eigenvalue weighted by Gasteiger charge is -2.33. The van der Waals surface area contributed by atoms with Crippen molar-refractivity contribution in [2.24, 2.45) is 0 Å². The van der Waals surface area contributed by atoms with Gasteiger partial charge < -0.3 is 4.90 Å². The molecule has 4 rings (SSSR count). The molecule has 1 aliphatic heterocycles. The summed E-state index contributed by atoms with van der Waals surface area (Å²) in [6.45, 7) is 1.06. The maximum atomic E-state index is 12.9. The molecule has 8 heteroatoms. The molecule has 28 heavy (non-hydrogen) atoms. The molecular weight excluding hydrogens is 394 g/mol. The first-order valence-corrected chi connectivity index (χ1v) is 11.0. The number of piperazine rings is 1. The van der Waals surface area contributed by atoms with Gasteiger partial charge in [-0.25, -0.2) is 8.42 Å². The molecule has 0 radical (unpaired) electrons. The Hall–Kier alpha value is -2.73. The zero-order valence-electron chi connectivity index (χ0n) is 14.9. The third-order valence-electron chi connectivity index (χ3n) is 4.79. The maximum Gasteiger partial charge on any atom is 0.264 e. The average Bonchev–Trinajstić information content (AvgIpc) is 3.17. The van der Waals surface area contributed by atoms with E-state index in [1.54, 1.807) is 17.0 Å². The van der Waals surface area contributed by atoms with Crippen LogP contribution in [0.2, 0.25) is 0 Å². The second-order valence-electron chi connectivity index (χ2n) is 6.45. The fraction of sp³-hybridized carbons (Fsp3) is 0.200. The summed E-state index contributed by atoms with van der Waals surface area (Å²) in [4.78, 5) is 15.2. The molecule has 0 spiro atoms. The van der Waals surface area contributed by atoms with E-state index in [1.165, 1.54) is 27.8 Å². The number of sulfonamides is 1. The van der Waals surface area contributed by atoms with Crippen molar-refractivity contribution >= 4 is 37.4 Å². The van der Waals surface area contributed by atoms with Crippen LogP contribution < -0.4 is 0 Å². The number of carbonyl (C=O) groups excluding carboxylic acids is 1. The van der Waals surface area contributed by atoms with E-state index in [2.05, 4.69) is 0 Å². The molecule has 1 aromatic heterocycles. The molecule has 2 aromatic carbocycles. The van der Waals surface area contributed by atoms with E-state index in [0.717, 1.165) is 10.1 Å². The monoisotopic (exact) mass is 411 g/mol. The minimum atomic E-state index is -3.76. The largest absolute Gasteiger partial charge is 0.335 e. The Balaban J connectivity index is 1.50. The highest BCUT2D eigenvalue weighted by Gasteiger charge is 2.32. The number of nitrogens with zero attached hydrogens (tertiary/aromatic N) is 3. The number of benzene rings is 2. The van der Waals surface area contributed by atoms with Crippen LogP contribution in [0.1, 0.15) is 15.2 Å². The summed E-state index contributed by atoms with van der Waals surface area (Å²) in [5.74, 6) is -0.0735. The third kappa shape index (κ3) is 3.29. The number of hydrogen-bond acceptors (Lipinski definition) is 5. The summed E-state index contributed by atoms with van der Waals surface area (Å²) >= 11 is 1.45. The van der Waals surface area contributed by atoms with Crippen LogP contribution >= 0.6 is 11.3 Å². The summed E-state index contributed by atoms with van der Waals surface area (Å²) in [6.07, 6.45) is 0. The highest BCUT2D eigenvalue weighted by Crippen LogP contribution is 2.27. The molecule has 6 nitrogen and oxygen atoms in total. The molecule has 2 heterocycles. The molecule has 0 saturated carbocycles. The van der Waals surface area contributed by atoms with Gasteiger partial charge in [-0.3, -0.25) is 4.79 Å². The molecule has 0 aliphatic carbocycles. The van der Waals surface area contributed by atoms with Crippen LogP contribution in [-0.2, 0) is 10.0 Å². The first-order valence-electron chi connectivity index (χ1n) is 8.78. The molecule has 1 aliphatic rings. The van der Waals surface area contributed by atoms with Crippen molar-refractivity contribution < 1.29 is 13.2 Å². The number of nitriles is 1. The van der Waals surface area contributed by atoms with Gasteiger partial charge in [-0.2, -0.15) is 9.57 Å². The van der Waals surface area contributed by atoms with Crippen molar-refractivity contribution in [1.29, 1.82) is 5.26 Å². The van der Waals surface area contributed by atoms with Crippen LogP contribution in [0.3, 0.4) is 0 Å². The number of carbonyl (C=O) groups is 1. The van der Waals surface area contributed by atoms with Gasteiger partial charge in [0.2, 0.25) is 10.0 Å². The molecule has 1 fully saturated rings. The minimum Gasteiger partial charge on any atom is -0.335 e. The average molecular weight is 412 g/mol. The van der Waals surface area contributed by atoms with Crippen molar-refractivity contribution in [1.82, 2.24) is 9.21 Å². The smallest absolute Gasteiger partial charge is 0.264 e. The normalized spacial score (nSPS) is 15.5. The minimum absolute atomic E-state index is 0.0155. The van der Waals surface area contributed by atoms with Gasteiger partial charge in [-0.05, 0) is 29.7 Å². The lowest BCUT2D eigenvalue weighted by atomic mass is 10.2. The second-order valence-corrected chi connectivity index (χ2v) is 9.44. The molecule has 3 aromatic rings. The first-order chi connectivity index (χ1) is 13.5. The Bertz CT molecular complexity index is 1150. The summed E-state index contributed by atoms with van der Waals surface area (Å²) in [7, 11) is -3.76. The van der Waals surface area contributed by atoms with Crippen molar-refractivity contribution in [3.63, 3.8) is 0 Å². The van der Waals surface area contributed by atoms with Gasteiger partial charge in [0, 0.05) is 30.9 Å². The van der Waals surface area contributed by atoms with Crippen molar-refractivity contribution in [3.05, 3.63) is 65.0 Å². The van der Waals surface area contributed by atoms with Crippen molar-refractivity contribution in [3.8, 4) is 6.07 Å². The molecule has 0 N–H and O–H groups in total. The maximum absolute atomic E-state index is 12.9. The summed E-state index contributed by atoms with van der Waals surface area (Å²) in [5, 5.41) is 10.2. The van der Waals surface area contributed by atoms with E-state index in [1.807, 2.05) is 36.4 Å². The van der Waals surface area contributed by atoms with Crippen LogP contribution in [0.15, 0.2) is 59.5 Å². The topological polar surface area (TPSA) is 81.5 Å².